The lowest BCUT2D eigenvalue weighted by molar-refractivity contribution is -0.135. The predicted octanol–water partition coefficient (Wildman–Crippen LogP) is 1.62. The first kappa shape index (κ1) is 14.8. The van der Waals surface area contributed by atoms with Gasteiger partial charge in [0, 0.05) is 25.7 Å². The summed E-state index contributed by atoms with van der Waals surface area (Å²) < 4.78 is 0. The van der Waals surface area contributed by atoms with E-state index in [9.17, 15) is 9.90 Å². The van der Waals surface area contributed by atoms with Gasteiger partial charge >= 0.3 is 0 Å². The van der Waals surface area contributed by atoms with Gasteiger partial charge in [-0.1, -0.05) is 19.3 Å². The van der Waals surface area contributed by atoms with Crippen LogP contribution in [0.15, 0.2) is 0 Å². The Kier molecular flexibility index (Phi) is 5.64. The van der Waals surface area contributed by atoms with Crippen LogP contribution in [0.2, 0.25) is 0 Å². The fraction of sp³-hybridized carbons (Fsp3) is 0.933. The summed E-state index contributed by atoms with van der Waals surface area (Å²) in [4.78, 5) is 16.7. The van der Waals surface area contributed by atoms with Crippen molar-refractivity contribution in [3.63, 3.8) is 0 Å². The molecule has 1 amide bonds. The SMILES string of the molecule is CCN(C(=O)CN1CCC(O)CC1)C1CCCCC1. The highest BCUT2D eigenvalue weighted by atomic mass is 16.3. The van der Waals surface area contributed by atoms with Crippen LogP contribution in [0.5, 0.6) is 0 Å². The number of likely N-dealkylation sites (N-methyl/N-ethyl adjacent to an activating group) is 1. The van der Waals surface area contributed by atoms with Crippen LogP contribution in [0, 0.1) is 0 Å². The second-order valence-electron chi connectivity index (χ2n) is 5.98. The van der Waals surface area contributed by atoms with Gasteiger partial charge in [0.25, 0.3) is 0 Å². The van der Waals surface area contributed by atoms with Gasteiger partial charge in [0.2, 0.25) is 5.91 Å². The smallest absolute Gasteiger partial charge is 0.236 e. The number of likely N-dealkylation sites (tertiary alicyclic amines) is 1. The van der Waals surface area contributed by atoms with E-state index in [2.05, 4.69) is 16.7 Å². The first-order valence-electron chi connectivity index (χ1n) is 7.90. The first-order valence-corrected chi connectivity index (χ1v) is 7.90. The third-order valence-corrected chi connectivity index (χ3v) is 4.59. The molecule has 1 aliphatic heterocycles. The molecule has 0 bridgehead atoms. The fourth-order valence-corrected chi connectivity index (χ4v) is 3.39. The molecule has 1 heterocycles. The van der Waals surface area contributed by atoms with E-state index >= 15 is 0 Å². The zero-order valence-electron chi connectivity index (χ0n) is 12.2. The van der Waals surface area contributed by atoms with Gasteiger partial charge in [0.05, 0.1) is 12.6 Å². The van der Waals surface area contributed by atoms with Crippen LogP contribution in [0.4, 0.5) is 0 Å². The number of nitrogens with zero attached hydrogens (tertiary/aromatic N) is 2. The molecule has 2 aliphatic rings. The van der Waals surface area contributed by atoms with Crippen LogP contribution in [-0.4, -0.2) is 59.1 Å². The summed E-state index contributed by atoms with van der Waals surface area (Å²) in [5, 5.41) is 9.50. The van der Waals surface area contributed by atoms with Crippen molar-refractivity contribution in [2.24, 2.45) is 0 Å². The zero-order valence-corrected chi connectivity index (χ0v) is 12.2. The van der Waals surface area contributed by atoms with E-state index in [0.29, 0.717) is 12.6 Å². The third-order valence-electron chi connectivity index (χ3n) is 4.59. The van der Waals surface area contributed by atoms with Crippen molar-refractivity contribution in [1.29, 1.82) is 0 Å². The van der Waals surface area contributed by atoms with Gasteiger partial charge in [-0.3, -0.25) is 9.69 Å². The first-order chi connectivity index (χ1) is 9.20. The molecule has 1 aliphatic carbocycles. The quantitative estimate of drug-likeness (QED) is 0.842. The molecular weight excluding hydrogens is 240 g/mol. The van der Waals surface area contributed by atoms with Crippen LogP contribution >= 0.6 is 0 Å². The maximum atomic E-state index is 12.4. The molecule has 0 unspecified atom stereocenters. The summed E-state index contributed by atoms with van der Waals surface area (Å²) >= 11 is 0. The average Bonchev–Trinajstić information content (AvgIpc) is 2.43. The summed E-state index contributed by atoms with van der Waals surface area (Å²) in [6, 6.07) is 0.474. The molecule has 2 fully saturated rings. The van der Waals surface area contributed by atoms with Crippen molar-refractivity contribution in [2.75, 3.05) is 26.2 Å². The maximum absolute atomic E-state index is 12.4. The van der Waals surface area contributed by atoms with Gasteiger partial charge in [-0.05, 0) is 32.6 Å². The molecule has 1 saturated heterocycles. The molecule has 0 aromatic rings. The monoisotopic (exact) mass is 268 g/mol. The second-order valence-corrected chi connectivity index (χ2v) is 5.98. The van der Waals surface area contributed by atoms with E-state index in [0.717, 1.165) is 32.5 Å². The average molecular weight is 268 g/mol. The Bertz CT molecular complexity index is 282. The Hall–Kier alpha value is -0.610. The van der Waals surface area contributed by atoms with Crippen LogP contribution < -0.4 is 0 Å². The summed E-state index contributed by atoms with van der Waals surface area (Å²) in [6.07, 6.45) is 7.68. The van der Waals surface area contributed by atoms with Crippen molar-refractivity contribution >= 4 is 5.91 Å². The number of aliphatic hydroxyl groups is 1. The predicted molar refractivity (Wildman–Crippen MR) is 75.9 cm³/mol. The number of rotatable bonds is 4. The lowest BCUT2D eigenvalue weighted by Gasteiger charge is -2.36. The molecule has 1 N–H and O–H groups in total. The lowest BCUT2D eigenvalue weighted by Crippen LogP contribution is -2.48. The van der Waals surface area contributed by atoms with Crippen LogP contribution in [0.1, 0.15) is 51.9 Å². The number of amides is 1. The zero-order chi connectivity index (χ0) is 13.7. The molecule has 1 saturated carbocycles. The Morgan fingerprint density at radius 1 is 1.16 bits per heavy atom. The standard InChI is InChI=1S/C15H28N2O2/c1-2-17(13-6-4-3-5-7-13)15(19)12-16-10-8-14(18)9-11-16/h13-14,18H,2-12H2,1H3. The minimum absolute atomic E-state index is 0.160. The van der Waals surface area contributed by atoms with Crippen molar-refractivity contribution in [1.82, 2.24) is 9.80 Å². The number of aliphatic hydroxyl groups excluding tert-OH is 1. The van der Waals surface area contributed by atoms with Gasteiger partial charge in [0.1, 0.15) is 0 Å². The molecule has 4 nitrogen and oxygen atoms in total. The number of piperidine rings is 1. The van der Waals surface area contributed by atoms with Crippen LogP contribution in [0.3, 0.4) is 0 Å². The number of carbonyl (C=O) groups excluding carboxylic acids is 1. The summed E-state index contributed by atoms with van der Waals surface area (Å²) in [5.74, 6) is 0.283. The molecule has 0 atom stereocenters. The second kappa shape index (κ2) is 7.25. The van der Waals surface area contributed by atoms with Crippen LogP contribution in [0.25, 0.3) is 0 Å². The van der Waals surface area contributed by atoms with Gasteiger partial charge in [0.15, 0.2) is 0 Å². The van der Waals surface area contributed by atoms with E-state index in [1.165, 1.54) is 32.1 Å². The Morgan fingerprint density at radius 3 is 2.37 bits per heavy atom. The Labute approximate surface area is 116 Å². The highest BCUT2D eigenvalue weighted by molar-refractivity contribution is 5.78. The van der Waals surface area contributed by atoms with Crippen molar-refractivity contribution < 1.29 is 9.90 Å². The van der Waals surface area contributed by atoms with Crippen molar-refractivity contribution in [2.45, 2.75) is 64.0 Å². The Morgan fingerprint density at radius 2 is 1.79 bits per heavy atom. The van der Waals surface area contributed by atoms with Crippen molar-refractivity contribution in [3.05, 3.63) is 0 Å². The highest BCUT2D eigenvalue weighted by Crippen LogP contribution is 2.23. The molecule has 4 heteroatoms. The normalized spacial score (nSPS) is 23.5. The van der Waals surface area contributed by atoms with E-state index in [4.69, 9.17) is 0 Å². The maximum Gasteiger partial charge on any atom is 0.236 e. The summed E-state index contributed by atoms with van der Waals surface area (Å²) in [7, 11) is 0. The Balaban J connectivity index is 1.82. The molecule has 0 aromatic carbocycles. The molecule has 0 spiro atoms. The third kappa shape index (κ3) is 4.18. The largest absolute Gasteiger partial charge is 0.393 e. The minimum Gasteiger partial charge on any atom is -0.393 e. The van der Waals surface area contributed by atoms with E-state index in [-0.39, 0.29) is 12.0 Å². The number of hydrogen-bond acceptors (Lipinski definition) is 3. The number of carbonyl (C=O) groups is 1. The minimum atomic E-state index is -0.160. The molecular formula is C15H28N2O2. The molecule has 2 rings (SSSR count). The van der Waals surface area contributed by atoms with Gasteiger partial charge in [-0.25, -0.2) is 0 Å². The van der Waals surface area contributed by atoms with Gasteiger partial charge in [-0.2, -0.15) is 0 Å². The van der Waals surface area contributed by atoms with Gasteiger partial charge in [-0.15, -0.1) is 0 Å². The molecule has 0 radical (unpaired) electrons. The fourth-order valence-electron chi connectivity index (χ4n) is 3.39. The van der Waals surface area contributed by atoms with Crippen molar-refractivity contribution in [3.8, 4) is 0 Å². The highest BCUT2D eigenvalue weighted by Gasteiger charge is 2.26. The van der Waals surface area contributed by atoms with E-state index < -0.39 is 0 Å². The van der Waals surface area contributed by atoms with E-state index in [1.807, 2.05) is 0 Å². The molecule has 19 heavy (non-hydrogen) atoms. The molecule has 110 valence electrons. The summed E-state index contributed by atoms with van der Waals surface area (Å²) in [5.41, 5.74) is 0. The topological polar surface area (TPSA) is 43.8 Å². The number of hydrogen-bond donors (Lipinski definition) is 1. The molecule has 0 aromatic heterocycles. The summed E-state index contributed by atoms with van der Waals surface area (Å²) in [6.45, 7) is 5.17. The van der Waals surface area contributed by atoms with E-state index in [1.54, 1.807) is 0 Å². The lowest BCUT2D eigenvalue weighted by atomic mass is 9.94. The van der Waals surface area contributed by atoms with Crippen LogP contribution in [-0.2, 0) is 4.79 Å². The van der Waals surface area contributed by atoms with Gasteiger partial charge < -0.3 is 10.0 Å².